The molecule has 0 fully saturated rings. The van der Waals surface area contributed by atoms with Gasteiger partial charge in [0, 0.05) is 17.8 Å². The second-order valence-corrected chi connectivity index (χ2v) is 5.60. The van der Waals surface area contributed by atoms with E-state index in [0.717, 1.165) is 5.69 Å². The average Bonchev–Trinajstić information content (AvgIpc) is 2.73. The predicted octanol–water partition coefficient (Wildman–Crippen LogP) is 1.78. The van der Waals surface area contributed by atoms with Gasteiger partial charge in [-0.3, -0.25) is 4.79 Å². The van der Waals surface area contributed by atoms with Crippen LogP contribution in [-0.4, -0.2) is 26.3 Å². The molecule has 106 valence electrons. The lowest BCUT2D eigenvalue weighted by Gasteiger charge is -2.09. The first-order valence-corrected chi connectivity index (χ1v) is 6.84. The van der Waals surface area contributed by atoms with Crippen LogP contribution in [0.15, 0.2) is 21.8 Å². The highest BCUT2D eigenvalue weighted by Crippen LogP contribution is 2.21. The van der Waals surface area contributed by atoms with Gasteiger partial charge in [0.25, 0.3) is 0 Å². The number of hydrogen-bond acceptors (Lipinski definition) is 7. The maximum atomic E-state index is 12.0. The molecule has 20 heavy (non-hydrogen) atoms. The summed E-state index contributed by atoms with van der Waals surface area (Å²) in [5.41, 5.74) is 6.41. The van der Waals surface area contributed by atoms with Crippen LogP contribution < -0.4 is 11.1 Å². The zero-order chi connectivity index (χ0) is 14.7. The predicted molar refractivity (Wildman–Crippen MR) is 76.4 cm³/mol. The molecule has 0 bridgehead atoms. The van der Waals surface area contributed by atoms with E-state index in [1.807, 2.05) is 6.92 Å². The molecule has 1 atom stereocenters. The molecule has 0 aromatic carbocycles. The molecule has 2 rings (SSSR count). The highest BCUT2D eigenvalue weighted by Gasteiger charge is 2.17. The molecule has 7 nitrogen and oxygen atoms in total. The molecular formula is C12H15N5O2S. The summed E-state index contributed by atoms with van der Waals surface area (Å²) >= 11 is 1.23. The molecule has 8 heteroatoms. The van der Waals surface area contributed by atoms with Gasteiger partial charge in [-0.15, -0.1) is 0 Å². The highest BCUT2D eigenvalue weighted by atomic mass is 32.2. The van der Waals surface area contributed by atoms with E-state index in [1.165, 1.54) is 11.8 Å². The number of carbonyl (C=O) groups is 1. The van der Waals surface area contributed by atoms with Gasteiger partial charge in [0.1, 0.15) is 11.6 Å². The van der Waals surface area contributed by atoms with Crippen LogP contribution in [0.5, 0.6) is 0 Å². The van der Waals surface area contributed by atoms with Crippen LogP contribution >= 0.6 is 11.8 Å². The number of aryl methyl sites for hydroxylation is 2. The molecule has 0 aliphatic heterocycles. The first-order chi connectivity index (χ1) is 9.44. The van der Waals surface area contributed by atoms with Gasteiger partial charge in [-0.1, -0.05) is 16.9 Å². The van der Waals surface area contributed by atoms with Crippen molar-refractivity contribution in [3.05, 3.63) is 23.6 Å². The minimum Gasteiger partial charge on any atom is -0.384 e. The lowest BCUT2D eigenvalue weighted by atomic mass is 10.4. The van der Waals surface area contributed by atoms with Crippen molar-refractivity contribution in [1.82, 2.24) is 15.1 Å². The van der Waals surface area contributed by atoms with Gasteiger partial charge in [-0.25, -0.2) is 9.97 Å². The number of thioether (sulfide) groups is 1. The quantitative estimate of drug-likeness (QED) is 0.653. The summed E-state index contributed by atoms with van der Waals surface area (Å²) in [5, 5.41) is 6.46. The summed E-state index contributed by atoms with van der Waals surface area (Å²) < 4.78 is 4.88. The van der Waals surface area contributed by atoms with Crippen LogP contribution in [0.3, 0.4) is 0 Å². The van der Waals surface area contributed by atoms with Gasteiger partial charge in [0.2, 0.25) is 5.91 Å². The fourth-order valence-corrected chi connectivity index (χ4v) is 2.32. The Morgan fingerprint density at radius 2 is 2.15 bits per heavy atom. The lowest BCUT2D eigenvalue weighted by molar-refractivity contribution is -0.115. The van der Waals surface area contributed by atoms with E-state index in [2.05, 4.69) is 20.4 Å². The molecule has 1 amide bonds. The minimum atomic E-state index is -0.381. The zero-order valence-corrected chi connectivity index (χ0v) is 12.2. The number of rotatable bonds is 4. The number of aromatic nitrogens is 3. The van der Waals surface area contributed by atoms with Crippen molar-refractivity contribution in [2.75, 3.05) is 11.1 Å². The fraction of sp³-hybridized carbons (Fsp3) is 0.333. The number of nitrogens with zero attached hydrogens (tertiary/aromatic N) is 3. The molecule has 2 aromatic rings. The summed E-state index contributed by atoms with van der Waals surface area (Å²) in [6.07, 6.45) is 0. The van der Waals surface area contributed by atoms with Crippen LogP contribution in [0, 0.1) is 13.8 Å². The van der Waals surface area contributed by atoms with Crippen molar-refractivity contribution in [2.24, 2.45) is 0 Å². The summed E-state index contributed by atoms with van der Waals surface area (Å²) in [7, 11) is 0. The number of anilines is 2. The van der Waals surface area contributed by atoms with Gasteiger partial charge >= 0.3 is 0 Å². The molecule has 0 saturated carbocycles. The molecule has 0 saturated heterocycles. The Morgan fingerprint density at radius 1 is 1.40 bits per heavy atom. The van der Waals surface area contributed by atoms with Gasteiger partial charge in [0.05, 0.1) is 5.25 Å². The molecule has 2 aromatic heterocycles. The van der Waals surface area contributed by atoms with E-state index in [9.17, 15) is 4.79 Å². The van der Waals surface area contributed by atoms with Crippen LogP contribution in [0.1, 0.15) is 18.4 Å². The second kappa shape index (κ2) is 5.91. The van der Waals surface area contributed by atoms with Crippen LogP contribution in [0.2, 0.25) is 0 Å². The van der Waals surface area contributed by atoms with Crippen LogP contribution in [0.4, 0.5) is 11.6 Å². The first kappa shape index (κ1) is 14.3. The van der Waals surface area contributed by atoms with E-state index in [1.54, 1.807) is 26.0 Å². The number of nitrogens with two attached hydrogens (primary N) is 1. The molecule has 0 aliphatic rings. The summed E-state index contributed by atoms with van der Waals surface area (Å²) in [6.45, 7) is 5.34. The first-order valence-electron chi connectivity index (χ1n) is 5.96. The Bertz CT molecular complexity index is 608. The number of nitrogen functional groups attached to an aromatic ring is 1. The van der Waals surface area contributed by atoms with Crippen molar-refractivity contribution in [3.63, 3.8) is 0 Å². The third-order valence-corrected chi connectivity index (χ3v) is 3.35. The van der Waals surface area contributed by atoms with Crippen LogP contribution in [-0.2, 0) is 4.79 Å². The maximum absolute atomic E-state index is 12.0. The Kier molecular flexibility index (Phi) is 4.23. The van der Waals surface area contributed by atoms with Gasteiger partial charge in [0.15, 0.2) is 11.0 Å². The average molecular weight is 293 g/mol. The lowest BCUT2D eigenvalue weighted by Crippen LogP contribution is -2.22. The number of nitrogens with one attached hydrogen (secondary N) is 1. The Hall–Kier alpha value is -2.09. The molecular weight excluding hydrogens is 278 g/mol. The topological polar surface area (TPSA) is 107 Å². The third kappa shape index (κ3) is 3.70. The number of amides is 1. The standard InChI is InChI=1S/C12H15N5O2S/c1-6-4-9(13)15-12(14-6)20-8(3)11(18)16-10-5-7(2)19-17-10/h4-5,8H,1-3H3,(H2,13,14,15)(H,16,17,18)/t8-/m1/s1. The smallest absolute Gasteiger partial charge is 0.238 e. The van der Waals surface area contributed by atoms with Crippen molar-refractivity contribution in [2.45, 2.75) is 31.2 Å². The summed E-state index contributed by atoms with van der Waals surface area (Å²) in [4.78, 5) is 20.3. The minimum absolute atomic E-state index is 0.202. The molecule has 2 heterocycles. The molecule has 0 radical (unpaired) electrons. The molecule has 3 N–H and O–H groups in total. The van der Waals surface area contributed by atoms with Crippen molar-refractivity contribution in [3.8, 4) is 0 Å². The molecule has 0 aliphatic carbocycles. The second-order valence-electron chi connectivity index (χ2n) is 4.29. The van der Waals surface area contributed by atoms with Gasteiger partial charge in [-0.2, -0.15) is 0 Å². The SMILES string of the molecule is Cc1cc(N)nc(S[C@H](C)C(=O)Nc2cc(C)on2)n1. The Balaban J connectivity index is 2.00. The number of carbonyl (C=O) groups excluding carboxylic acids is 1. The van der Waals surface area contributed by atoms with Crippen molar-refractivity contribution >= 4 is 29.3 Å². The van der Waals surface area contributed by atoms with E-state index >= 15 is 0 Å². The van der Waals surface area contributed by atoms with E-state index in [4.69, 9.17) is 10.3 Å². The summed E-state index contributed by atoms with van der Waals surface area (Å²) in [6, 6.07) is 3.32. The third-order valence-electron chi connectivity index (χ3n) is 2.38. The van der Waals surface area contributed by atoms with Gasteiger partial charge < -0.3 is 15.6 Å². The van der Waals surface area contributed by atoms with Gasteiger partial charge in [-0.05, 0) is 20.8 Å². The molecule has 0 unspecified atom stereocenters. The van der Waals surface area contributed by atoms with E-state index in [0.29, 0.717) is 22.6 Å². The fourth-order valence-electron chi connectivity index (χ4n) is 1.48. The van der Waals surface area contributed by atoms with Crippen molar-refractivity contribution in [1.29, 1.82) is 0 Å². The monoisotopic (exact) mass is 293 g/mol. The number of hydrogen-bond donors (Lipinski definition) is 2. The van der Waals surface area contributed by atoms with Crippen molar-refractivity contribution < 1.29 is 9.32 Å². The normalized spacial score (nSPS) is 12.2. The largest absolute Gasteiger partial charge is 0.384 e. The molecule has 0 spiro atoms. The Labute approximate surface area is 120 Å². The van der Waals surface area contributed by atoms with E-state index < -0.39 is 0 Å². The maximum Gasteiger partial charge on any atom is 0.238 e. The highest BCUT2D eigenvalue weighted by molar-refractivity contribution is 8.00. The van der Waals surface area contributed by atoms with E-state index in [-0.39, 0.29) is 11.2 Å². The van der Waals surface area contributed by atoms with Crippen LogP contribution in [0.25, 0.3) is 0 Å². The zero-order valence-electron chi connectivity index (χ0n) is 11.4. The Morgan fingerprint density at radius 3 is 2.75 bits per heavy atom. The summed E-state index contributed by atoms with van der Waals surface area (Å²) in [5.74, 6) is 1.21.